The molecule has 100 valence electrons. The average Bonchev–Trinajstić information content (AvgIpc) is 2.85. The van der Waals surface area contributed by atoms with Crippen LogP contribution in [0.4, 0.5) is 5.69 Å². The number of rotatable bonds is 4. The van der Waals surface area contributed by atoms with Gasteiger partial charge in [-0.1, -0.05) is 35.0 Å². The molecule has 0 bridgehead atoms. The highest BCUT2D eigenvalue weighted by atomic mass is 35.5. The minimum Gasteiger partial charge on any atom is -0.324 e. The van der Waals surface area contributed by atoms with Gasteiger partial charge in [-0.3, -0.25) is 9.89 Å². The van der Waals surface area contributed by atoms with Gasteiger partial charge in [0.15, 0.2) is 5.16 Å². The van der Waals surface area contributed by atoms with Crippen molar-refractivity contribution < 1.29 is 4.79 Å². The SMILES string of the molecule is C[C@H](Sc1ncn[nH]1)C(=O)Nc1ccc(Cl)cc1Cl. The van der Waals surface area contributed by atoms with Gasteiger partial charge >= 0.3 is 0 Å². The first kappa shape index (κ1) is 14.2. The van der Waals surface area contributed by atoms with E-state index in [9.17, 15) is 4.79 Å². The number of carbonyl (C=O) groups excluding carboxylic acids is 1. The molecule has 1 aromatic heterocycles. The molecule has 0 spiro atoms. The Morgan fingerprint density at radius 2 is 2.26 bits per heavy atom. The summed E-state index contributed by atoms with van der Waals surface area (Å²) >= 11 is 13.1. The molecule has 19 heavy (non-hydrogen) atoms. The lowest BCUT2D eigenvalue weighted by Crippen LogP contribution is -2.22. The molecule has 0 aliphatic carbocycles. The zero-order chi connectivity index (χ0) is 13.8. The lowest BCUT2D eigenvalue weighted by molar-refractivity contribution is -0.115. The monoisotopic (exact) mass is 316 g/mol. The van der Waals surface area contributed by atoms with E-state index in [0.29, 0.717) is 20.9 Å². The first-order chi connectivity index (χ1) is 9.06. The highest BCUT2D eigenvalue weighted by molar-refractivity contribution is 8.00. The molecule has 1 heterocycles. The van der Waals surface area contributed by atoms with E-state index in [4.69, 9.17) is 23.2 Å². The molecule has 0 aliphatic rings. The molecular weight excluding hydrogens is 307 g/mol. The number of nitrogens with one attached hydrogen (secondary N) is 2. The number of H-pyrrole nitrogens is 1. The standard InChI is InChI=1S/C11H10Cl2N4OS/c1-6(19-11-14-5-15-17-11)10(18)16-9-3-2-7(12)4-8(9)13/h2-6H,1H3,(H,16,18)(H,14,15,17)/t6-/m0/s1. The van der Waals surface area contributed by atoms with Crippen LogP contribution in [0.15, 0.2) is 29.7 Å². The molecule has 2 rings (SSSR count). The largest absolute Gasteiger partial charge is 0.324 e. The topological polar surface area (TPSA) is 70.7 Å². The van der Waals surface area contributed by atoms with Crippen molar-refractivity contribution in [3.8, 4) is 0 Å². The van der Waals surface area contributed by atoms with Crippen molar-refractivity contribution >= 4 is 46.6 Å². The van der Waals surface area contributed by atoms with Gasteiger partial charge in [0.2, 0.25) is 5.91 Å². The van der Waals surface area contributed by atoms with Gasteiger partial charge in [-0.05, 0) is 25.1 Å². The summed E-state index contributed by atoms with van der Waals surface area (Å²) in [6.45, 7) is 1.77. The highest BCUT2D eigenvalue weighted by Crippen LogP contribution is 2.26. The first-order valence-corrected chi connectivity index (χ1v) is 6.98. The summed E-state index contributed by atoms with van der Waals surface area (Å²) in [5.74, 6) is -0.175. The summed E-state index contributed by atoms with van der Waals surface area (Å²) in [6.07, 6.45) is 1.39. The van der Waals surface area contributed by atoms with Crippen LogP contribution < -0.4 is 5.32 Å². The Labute approximate surface area is 124 Å². The highest BCUT2D eigenvalue weighted by Gasteiger charge is 2.17. The second-order valence-corrected chi connectivity index (χ2v) is 5.84. The van der Waals surface area contributed by atoms with Crippen LogP contribution in [0.25, 0.3) is 0 Å². The van der Waals surface area contributed by atoms with Gasteiger partial charge < -0.3 is 5.32 Å². The summed E-state index contributed by atoms with van der Waals surface area (Å²) in [4.78, 5) is 15.9. The summed E-state index contributed by atoms with van der Waals surface area (Å²) in [7, 11) is 0. The summed E-state index contributed by atoms with van der Waals surface area (Å²) in [5, 5.41) is 10.3. The van der Waals surface area contributed by atoms with Gasteiger partial charge in [0.05, 0.1) is 16.0 Å². The van der Waals surface area contributed by atoms with Gasteiger partial charge in [-0.15, -0.1) is 0 Å². The third-order valence-electron chi connectivity index (χ3n) is 2.24. The van der Waals surface area contributed by atoms with Crippen molar-refractivity contribution in [1.29, 1.82) is 0 Å². The maximum atomic E-state index is 12.0. The molecule has 0 unspecified atom stereocenters. The van der Waals surface area contributed by atoms with E-state index in [0.717, 1.165) is 0 Å². The molecule has 2 N–H and O–H groups in total. The van der Waals surface area contributed by atoms with Crippen LogP contribution in [0.1, 0.15) is 6.92 Å². The Kier molecular flexibility index (Phi) is 4.68. The van der Waals surface area contributed by atoms with Crippen LogP contribution in [0.5, 0.6) is 0 Å². The lowest BCUT2D eigenvalue weighted by atomic mass is 10.3. The molecule has 1 aromatic carbocycles. The van der Waals surface area contributed by atoms with E-state index in [1.807, 2.05) is 0 Å². The number of benzene rings is 1. The fraction of sp³-hybridized carbons (Fsp3) is 0.182. The predicted octanol–water partition coefficient (Wildman–Crippen LogP) is 3.23. The van der Waals surface area contributed by atoms with Crippen molar-refractivity contribution in [3.05, 3.63) is 34.6 Å². The number of halogens is 2. The van der Waals surface area contributed by atoms with Gasteiger partial charge in [-0.2, -0.15) is 5.10 Å². The number of aromatic amines is 1. The molecule has 1 atom stereocenters. The smallest absolute Gasteiger partial charge is 0.237 e. The van der Waals surface area contributed by atoms with Crippen LogP contribution in [0.2, 0.25) is 10.0 Å². The summed E-state index contributed by atoms with van der Waals surface area (Å²) in [5.41, 5.74) is 0.529. The fourth-order valence-corrected chi connectivity index (χ4v) is 2.47. The number of anilines is 1. The number of hydrogen-bond donors (Lipinski definition) is 2. The molecule has 5 nitrogen and oxygen atoms in total. The number of aromatic nitrogens is 3. The molecule has 0 saturated carbocycles. The number of nitrogens with zero attached hydrogens (tertiary/aromatic N) is 2. The molecular formula is C11H10Cl2N4OS. The predicted molar refractivity (Wildman–Crippen MR) is 76.8 cm³/mol. The Morgan fingerprint density at radius 1 is 1.47 bits per heavy atom. The quantitative estimate of drug-likeness (QED) is 0.849. The second-order valence-electron chi connectivity index (χ2n) is 3.66. The van der Waals surface area contributed by atoms with Gasteiger partial charge in [0.25, 0.3) is 0 Å². The maximum absolute atomic E-state index is 12.0. The zero-order valence-corrected chi connectivity index (χ0v) is 12.2. The van der Waals surface area contributed by atoms with Crippen LogP contribution in [-0.4, -0.2) is 26.3 Å². The maximum Gasteiger partial charge on any atom is 0.237 e. The van der Waals surface area contributed by atoms with Crippen molar-refractivity contribution in [2.24, 2.45) is 0 Å². The van der Waals surface area contributed by atoms with Crippen LogP contribution in [0, 0.1) is 0 Å². The van der Waals surface area contributed by atoms with Crippen LogP contribution in [-0.2, 0) is 4.79 Å². The number of thioether (sulfide) groups is 1. The van der Waals surface area contributed by atoms with Crippen molar-refractivity contribution in [3.63, 3.8) is 0 Å². The normalized spacial score (nSPS) is 12.2. The Hall–Kier alpha value is -1.24. The number of hydrogen-bond acceptors (Lipinski definition) is 4. The molecule has 0 saturated heterocycles. The van der Waals surface area contributed by atoms with E-state index in [1.54, 1.807) is 25.1 Å². The summed E-state index contributed by atoms with van der Waals surface area (Å²) in [6, 6.07) is 4.90. The molecule has 1 amide bonds. The minimum atomic E-state index is -0.334. The minimum absolute atomic E-state index is 0.175. The summed E-state index contributed by atoms with van der Waals surface area (Å²) < 4.78 is 0. The van der Waals surface area contributed by atoms with E-state index in [-0.39, 0.29) is 11.2 Å². The van der Waals surface area contributed by atoms with Gasteiger partial charge in [-0.25, -0.2) is 4.98 Å². The third-order valence-corrected chi connectivity index (χ3v) is 3.77. The Bertz CT molecular complexity index is 576. The molecule has 0 radical (unpaired) electrons. The molecule has 0 aliphatic heterocycles. The fourth-order valence-electron chi connectivity index (χ4n) is 1.30. The Morgan fingerprint density at radius 3 is 2.89 bits per heavy atom. The molecule has 2 aromatic rings. The third kappa shape index (κ3) is 3.86. The van der Waals surface area contributed by atoms with E-state index in [2.05, 4.69) is 20.5 Å². The van der Waals surface area contributed by atoms with Crippen molar-refractivity contribution in [2.75, 3.05) is 5.32 Å². The first-order valence-electron chi connectivity index (χ1n) is 5.34. The van der Waals surface area contributed by atoms with Crippen LogP contribution in [0.3, 0.4) is 0 Å². The van der Waals surface area contributed by atoms with Crippen molar-refractivity contribution in [1.82, 2.24) is 15.2 Å². The van der Waals surface area contributed by atoms with Crippen LogP contribution >= 0.6 is 35.0 Å². The van der Waals surface area contributed by atoms with Gasteiger partial charge in [0.1, 0.15) is 6.33 Å². The second kappa shape index (κ2) is 6.27. The molecule has 0 fully saturated rings. The van der Waals surface area contributed by atoms with Crippen molar-refractivity contribution in [2.45, 2.75) is 17.3 Å². The lowest BCUT2D eigenvalue weighted by Gasteiger charge is -2.11. The Balaban J connectivity index is 2.00. The molecule has 8 heteroatoms. The number of carbonyl (C=O) groups is 1. The number of amides is 1. The average molecular weight is 317 g/mol. The zero-order valence-electron chi connectivity index (χ0n) is 9.85. The van der Waals surface area contributed by atoms with Gasteiger partial charge in [0, 0.05) is 5.02 Å². The van der Waals surface area contributed by atoms with E-state index >= 15 is 0 Å². The van der Waals surface area contributed by atoms with E-state index in [1.165, 1.54) is 18.1 Å². The van der Waals surface area contributed by atoms with E-state index < -0.39 is 0 Å².